The quantitative estimate of drug-likeness (QED) is 0.711. The summed E-state index contributed by atoms with van der Waals surface area (Å²) < 4.78 is 30.1. The fourth-order valence-corrected chi connectivity index (χ4v) is 2.97. The van der Waals surface area contributed by atoms with Gasteiger partial charge in [-0.2, -0.15) is 8.78 Å². The van der Waals surface area contributed by atoms with Crippen molar-refractivity contribution in [2.24, 2.45) is 0 Å². The van der Waals surface area contributed by atoms with Crippen molar-refractivity contribution < 1.29 is 18.0 Å². The SMILES string of the molecule is CC(c1ccccc1)N1Cc2ncc(-c3nnc(C(F)F)o3)cc2C1=O. The number of hydrogen-bond acceptors (Lipinski definition) is 5. The molecule has 1 amide bonds. The Hall–Kier alpha value is -3.16. The van der Waals surface area contributed by atoms with Gasteiger partial charge in [-0.25, -0.2) is 0 Å². The van der Waals surface area contributed by atoms with Crippen LogP contribution in [0.2, 0.25) is 0 Å². The Morgan fingerprint density at radius 1 is 1.19 bits per heavy atom. The number of aromatic nitrogens is 3. The van der Waals surface area contributed by atoms with Crippen molar-refractivity contribution in [3.63, 3.8) is 0 Å². The number of benzene rings is 1. The molecule has 3 heterocycles. The Balaban J connectivity index is 1.63. The molecule has 2 aromatic heterocycles. The highest BCUT2D eigenvalue weighted by molar-refractivity contribution is 5.98. The molecule has 4 rings (SSSR count). The third-order valence-corrected chi connectivity index (χ3v) is 4.41. The van der Waals surface area contributed by atoms with E-state index >= 15 is 0 Å². The summed E-state index contributed by atoms with van der Waals surface area (Å²) in [6.07, 6.45) is -1.39. The van der Waals surface area contributed by atoms with Gasteiger partial charge in [-0.05, 0) is 18.6 Å². The summed E-state index contributed by atoms with van der Waals surface area (Å²) in [6, 6.07) is 11.1. The first-order chi connectivity index (χ1) is 12.5. The van der Waals surface area contributed by atoms with Gasteiger partial charge in [0, 0.05) is 6.20 Å². The molecule has 0 radical (unpaired) electrons. The minimum absolute atomic E-state index is 0.0852. The standard InChI is InChI=1S/C18H14F2N4O2/c1-10(11-5-3-2-4-6-11)24-9-14-13(18(24)25)7-12(8-21-14)16-22-23-17(26-16)15(19)20/h2-8,10,15H,9H2,1H3. The zero-order valence-electron chi connectivity index (χ0n) is 13.8. The predicted molar refractivity (Wildman–Crippen MR) is 87.2 cm³/mol. The Kier molecular flexibility index (Phi) is 3.95. The van der Waals surface area contributed by atoms with Gasteiger partial charge in [0.25, 0.3) is 11.8 Å². The van der Waals surface area contributed by atoms with Crippen LogP contribution in [0.5, 0.6) is 0 Å². The van der Waals surface area contributed by atoms with Gasteiger partial charge < -0.3 is 9.32 Å². The van der Waals surface area contributed by atoms with Gasteiger partial charge >= 0.3 is 6.43 Å². The van der Waals surface area contributed by atoms with Crippen LogP contribution in [-0.4, -0.2) is 26.0 Å². The molecular weight excluding hydrogens is 342 g/mol. The van der Waals surface area contributed by atoms with E-state index in [9.17, 15) is 13.6 Å². The summed E-state index contributed by atoms with van der Waals surface area (Å²) in [6.45, 7) is 2.34. The average molecular weight is 356 g/mol. The van der Waals surface area contributed by atoms with Crippen LogP contribution in [-0.2, 0) is 6.54 Å². The molecule has 1 atom stereocenters. The molecule has 0 saturated heterocycles. The van der Waals surface area contributed by atoms with Crippen LogP contribution in [0.25, 0.3) is 11.5 Å². The van der Waals surface area contributed by atoms with Gasteiger partial charge in [-0.1, -0.05) is 30.3 Å². The van der Waals surface area contributed by atoms with Gasteiger partial charge in [0.15, 0.2) is 0 Å². The largest absolute Gasteiger partial charge is 0.415 e. The lowest BCUT2D eigenvalue weighted by Crippen LogP contribution is -2.27. The first-order valence-corrected chi connectivity index (χ1v) is 8.01. The van der Waals surface area contributed by atoms with Crippen molar-refractivity contribution in [2.45, 2.75) is 25.9 Å². The molecule has 0 bridgehead atoms. The van der Waals surface area contributed by atoms with E-state index in [1.807, 2.05) is 37.3 Å². The zero-order valence-corrected chi connectivity index (χ0v) is 13.8. The molecule has 0 saturated carbocycles. The molecule has 6 nitrogen and oxygen atoms in total. The number of pyridine rings is 1. The van der Waals surface area contributed by atoms with Crippen LogP contribution >= 0.6 is 0 Å². The summed E-state index contributed by atoms with van der Waals surface area (Å²) in [5.41, 5.74) is 2.41. The molecule has 1 unspecified atom stereocenters. The second-order valence-electron chi connectivity index (χ2n) is 5.98. The van der Waals surface area contributed by atoms with E-state index in [0.717, 1.165) is 5.56 Å². The number of rotatable bonds is 4. The number of hydrogen-bond donors (Lipinski definition) is 0. The second-order valence-corrected chi connectivity index (χ2v) is 5.98. The summed E-state index contributed by atoms with van der Waals surface area (Å²) in [4.78, 5) is 18.8. The minimum Gasteiger partial charge on any atom is -0.415 e. The van der Waals surface area contributed by atoms with Crippen molar-refractivity contribution in [3.05, 3.63) is 65.3 Å². The maximum atomic E-state index is 12.8. The molecule has 0 N–H and O–H groups in total. The highest BCUT2D eigenvalue weighted by atomic mass is 19.3. The summed E-state index contributed by atoms with van der Waals surface area (Å²) in [5.74, 6) is -1.01. The zero-order chi connectivity index (χ0) is 18.3. The normalized spacial score (nSPS) is 14.8. The molecular formula is C18H14F2N4O2. The smallest absolute Gasteiger partial charge is 0.314 e. The minimum atomic E-state index is -2.84. The second kappa shape index (κ2) is 6.29. The van der Waals surface area contributed by atoms with Crippen molar-refractivity contribution in [2.75, 3.05) is 0 Å². The number of halogens is 2. The number of amides is 1. The van der Waals surface area contributed by atoms with Crippen molar-refractivity contribution in [1.82, 2.24) is 20.1 Å². The Morgan fingerprint density at radius 2 is 1.96 bits per heavy atom. The van der Waals surface area contributed by atoms with E-state index in [1.165, 1.54) is 6.20 Å². The van der Waals surface area contributed by atoms with E-state index in [2.05, 4.69) is 15.2 Å². The van der Waals surface area contributed by atoms with E-state index < -0.39 is 12.3 Å². The van der Waals surface area contributed by atoms with Gasteiger partial charge in [0.1, 0.15) is 0 Å². The number of alkyl halides is 2. The number of carbonyl (C=O) groups excluding carboxylic acids is 1. The van der Waals surface area contributed by atoms with Crippen molar-refractivity contribution in [1.29, 1.82) is 0 Å². The molecule has 3 aromatic rings. The first kappa shape index (κ1) is 16.3. The summed E-state index contributed by atoms with van der Waals surface area (Å²) in [7, 11) is 0. The van der Waals surface area contributed by atoms with Crippen LogP contribution in [0.15, 0.2) is 47.0 Å². The van der Waals surface area contributed by atoms with Crippen molar-refractivity contribution >= 4 is 5.91 Å². The van der Waals surface area contributed by atoms with E-state index in [0.29, 0.717) is 23.4 Å². The van der Waals surface area contributed by atoms with Crippen LogP contribution in [0, 0.1) is 0 Å². The molecule has 1 aliphatic heterocycles. The lowest BCUT2D eigenvalue weighted by atomic mass is 10.1. The fraction of sp³-hybridized carbons (Fsp3) is 0.222. The molecule has 26 heavy (non-hydrogen) atoms. The highest BCUT2D eigenvalue weighted by Gasteiger charge is 2.33. The van der Waals surface area contributed by atoms with Gasteiger partial charge in [0.05, 0.1) is 29.4 Å². The van der Waals surface area contributed by atoms with Crippen molar-refractivity contribution in [3.8, 4) is 11.5 Å². The van der Waals surface area contributed by atoms with Gasteiger partial charge in [0.2, 0.25) is 5.89 Å². The fourth-order valence-electron chi connectivity index (χ4n) is 2.97. The number of nitrogens with zero attached hydrogens (tertiary/aromatic N) is 4. The third kappa shape index (κ3) is 2.73. The van der Waals surface area contributed by atoms with Crippen LogP contribution in [0.3, 0.4) is 0 Å². The van der Waals surface area contributed by atoms with E-state index in [4.69, 9.17) is 4.42 Å². The maximum Gasteiger partial charge on any atom is 0.314 e. The monoisotopic (exact) mass is 356 g/mol. The first-order valence-electron chi connectivity index (χ1n) is 8.01. The third-order valence-electron chi connectivity index (χ3n) is 4.41. The molecule has 1 aliphatic rings. The molecule has 8 heteroatoms. The molecule has 132 valence electrons. The topological polar surface area (TPSA) is 72.1 Å². The lowest BCUT2D eigenvalue weighted by Gasteiger charge is -2.24. The average Bonchev–Trinajstić information content (AvgIpc) is 3.27. The summed E-state index contributed by atoms with van der Waals surface area (Å²) in [5, 5.41) is 6.90. The highest BCUT2D eigenvalue weighted by Crippen LogP contribution is 2.32. The summed E-state index contributed by atoms with van der Waals surface area (Å²) >= 11 is 0. The van der Waals surface area contributed by atoms with Gasteiger partial charge in [-0.15, -0.1) is 10.2 Å². The van der Waals surface area contributed by atoms with Crippen LogP contribution < -0.4 is 0 Å². The maximum absolute atomic E-state index is 12.8. The molecule has 0 fully saturated rings. The number of fused-ring (bicyclic) bond motifs is 1. The van der Waals surface area contributed by atoms with Crippen LogP contribution in [0.4, 0.5) is 8.78 Å². The van der Waals surface area contributed by atoms with E-state index in [-0.39, 0.29) is 17.8 Å². The Labute approximate surface area is 147 Å². The van der Waals surface area contributed by atoms with Gasteiger partial charge in [-0.3, -0.25) is 9.78 Å². The number of carbonyl (C=O) groups is 1. The predicted octanol–water partition coefficient (Wildman–Crippen LogP) is 3.79. The molecule has 0 spiro atoms. The van der Waals surface area contributed by atoms with E-state index in [1.54, 1.807) is 11.0 Å². The van der Waals surface area contributed by atoms with Crippen LogP contribution in [0.1, 0.15) is 46.9 Å². The molecule has 1 aromatic carbocycles. The molecule has 0 aliphatic carbocycles. The lowest BCUT2D eigenvalue weighted by molar-refractivity contribution is 0.0715. The Bertz CT molecular complexity index is 959. The Morgan fingerprint density at radius 3 is 2.65 bits per heavy atom.